The molecule has 0 bridgehead atoms. The van der Waals surface area contributed by atoms with Crippen LogP contribution in [0.2, 0.25) is 0 Å². The summed E-state index contributed by atoms with van der Waals surface area (Å²) in [6.07, 6.45) is 30.2. The van der Waals surface area contributed by atoms with Crippen LogP contribution in [0.15, 0.2) is 12.2 Å². The Morgan fingerprint density at radius 1 is 0.632 bits per heavy atom. The summed E-state index contributed by atoms with van der Waals surface area (Å²) >= 11 is 0. The van der Waals surface area contributed by atoms with E-state index in [4.69, 9.17) is 9.47 Å². The normalized spacial score (nSPS) is 21.7. The number of ether oxygens (including phenoxy) is 2. The van der Waals surface area contributed by atoms with E-state index in [0.717, 1.165) is 50.9 Å². The summed E-state index contributed by atoms with van der Waals surface area (Å²) < 4.78 is 11.1. The molecule has 10 nitrogen and oxygen atoms in total. The van der Waals surface area contributed by atoms with Crippen LogP contribution in [0.4, 0.5) is 0 Å². The van der Waals surface area contributed by atoms with Gasteiger partial charge in [-0.15, -0.1) is 0 Å². The van der Waals surface area contributed by atoms with Crippen molar-refractivity contribution in [2.45, 2.75) is 262 Å². The van der Waals surface area contributed by atoms with E-state index in [-0.39, 0.29) is 6.61 Å². The first-order valence-electron chi connectivity index (χ1n) is 23.9. The molecule has 0 saturated carbocycles. The molecule has 1 aliphatic rings. The molecule has 0 unspecified atom stereocenters. The highest BCUT2D eigenvalue weighted by Gasteiger charge is 2.44. The number of aliphatic hydroxyl groups is 6. The van der Waals surface area contributed by atoms with Gasteiger partial charge in [0.2, 0.25) is 5.91 Å². The van der Waals surface area contributed by atoms with Gasteiger partial charge in [0, 0.05) is 0 Å². The van der Waals surface area contributed by atoms with Gasteiger partial charge in [-0.25, -0.2) is 0 Å². The van der Waals surface area contributed by atoms with Crippen LogP contribution in [-0.2, 0) is 14.3 Å². The maximum Gasteiger partial charge on any atom is 0.249 e. The van der Waals surface area contributed by atoms with Crippen molar-refractivity contribution in [2.75, 3.05) is 13.2 Å². The van der Waals surface area contributed by atoms with Crippen LogP contribution in [0.3, 0.4) is 0 Å². The van der Waals surface area contributed by atoms with E-state index in [0.29, 0.717) is 6.42 Å². The molecule has 0 aromatic carbocycles. The molecular formula is C47H91NO9. The number of carbonyl (C=O) groups is 1. The fourth-order valence-corrected chi connectivity index (χ4v) is 7.70. The number of allylic oxidation sites excluding steroid dienone is 1. The molecule has 0 aromatic rings. The van der Waals surface area contributed by atoms with Crippen LogP contribution in [0, 0.1) is 5.92 Å². The fraction of sp³-hybridized carbons (Fsp3) is 0.936. The summed E-state index contributed by atoms with van der Waals surface area (Å²) in [5.41, 5.74) is 0. The molecule has 8 atom stereocenters. The standard InChI is InChI=1S/C47H91NO9/c1-4-5-6-7-8-9-10-11-12-13-14-15-16-17-18-23-26-29-32-35-41(51)46(55)48-39(37-56-47-45(54)44(53)43(52)42(36-49)57-47)40(50)34-31-28-25-22-20-19-21-24-27-30-33-38(2)3/h31,34,38-45,47,49-54H,4-30,32-33,35-37H2,1-3H3,(H,48,55)/b34-31+/t39-,40+,41+,42+,43+,44-,45+,47+/m0/s1. The van der Waals surface area contributed by atoms with Gasteiger partial charge in [-0.3, -0.25) is 4.79 Å². The lowest BCUT2D eigenvalue weighted by Crippen LogP contribution is -2.60. The quantitative estimate of drug-likeness (QED) is 0.0237. The number of hydrogen-bond donors (Lipinski definition) is 7. The zero-order valence-electron chi connectivity index (χ0n) is 36.9. The largest absolute Gasteiger partial charge is 0.394 e. The third-order valence-electron chi connectivity index (χ3n) is 11.6. The minimum atomic E-state index is -1.61. The number of carbonyl (C=O) groups excluding carboxylic acids is 1. The van der Waals surface area contributed by atoms with Crippen LogP contribution in [0.1, 0.15) is 213 Å². The van der Waals surface area contributed by atoms with Gasteiger partial charge in [0.1, 0.15) is 30.5 Å². The van der Waals surface area contributed by atoms with E-state index < -0.39 is 61.5 Å². The van der Waals surface area contributed by atoms with Crippen molar-refractivity contribution >= 4 is 5.91 Å². The molecule has 57 heavy (non-hydrogen) atoms. The number of unbranched alkanes of at least 4 members (excludes halogenated alkanes) is 26. The highest BCUT2D eigenvalue weighted by atomic mass is 16.7. The number of hydrogen-bond acceptors (Lipinski definition) is 9. The summed E-state index contributed by atoms with van der Waals surface area (Å²) in [5, 5.41) is 64.7. The van der Waals surface area contributed by atoms with Crippen molar-refractivity contribution in [3.05, 3.63) is 12.2 Å². The maximum atomic E-state index is 13.0. The van der Waals surface area contributed by atoms with Gasteiger partial charge in [-0.05, 0) is 25.2 Å². The van der Waals surface area contributed by atoms with Gasteiger partial charge in [0.15, 0.2) is 6.29 Å². The lowest BCUT2D eigenvalue weighted by atomic mass is 9.99. The van der Waals surface area contributed by atoms with Gasteiger partial charge >= 0.3 is 0 Å². The van der Waals surface area contributed by atoms with Gasteiger partial charge < -0.3 is 45.4 Å². The molecule has 0 spiro atoms. The van der Waals surface area contributed by atoms with E-state index >= 15 is 0 Å². The van der Waals surface area contributed by atoms with Gasteiger partial charge in [0.25, 0.3) is 0 Å². The van der Waals surface area contributed by atoms with E-state index in [1.807, 2.05) is 6.08 Å². The fourth-order valence-electron chi connectivity index (χ4n) is 7.70. The Morgan fingerprint density at radius 3 is 1.53 bits per heavy atom. The molecule has 0 aliphatic carbocycles. The lowest BCUT2D eigenvalue weighted by Gasteiger charge is -2.40. The monoisotopic (exact) mass is 814 g/mol. The second-order valence-corrected chi connectivity index (χ2v) is 17.5. The van der Waals surface area contributed by atoms with Crippen molar-refractivity contribution in [3.63, 3.8) is 0 Å². The summed E-state index contributed by atoms with van der Waals surface area (Å²) in [4.78, 5) is 13.0. The third-order valence-corrected chi connectivity index (χ3v) is 11.6. The Kier molecular flexibility index (Phi) is 34.7. The summed E-state index contributed by atoms with van der Waals surface area (Å²) in [6.45, 7) is 5.92. The van der Waals surface area contributed by atoms with Crippen molar-refractivity contribution < 1.29 is 44.9 Å². The third kappa shape index (κ3) is 28.1. The molecule has 1 aliphatic heterocycles. The first-order valence-corrected chi connectivity index (χ1v) is 23.9. The Labute approximate surface area is 349 Å². The SMILES string of the molecule is CCCCCCCCCCCCCCCCCCCCC[C@@H](O)C(=O)N[C@@H](CO[C@@H]1O[C@H](CO)[C@@H](O)[C@H](O)[C@H]1O)[C@H](O)/C=C/CCCCCCCCCCC(C)C. The second-order valence-electron chi connectivity index (χ2n) is 17.5. The molecule has 0 radical (unpaired) electrons. The predicted octanol–water partition coefficient (Wildman–Crippen LogP) is 8.94. The molecular weight excluding hydrogens is 723 g/mol. The highest BCUT2D eigenvalue weighted by Crippen LogP contribution is 2.23. The summed E-state index contributed by atoms with van der Waals surface area (Å²) in [5.74, 6) is 0.166. The average molecular weight is 814 g/mol. The van der Waals surface area contributed by atoms with Crippen LogP contribution < -0.4 is 5.32 Å². The van der Waals surface area contributed by atoms with Crippen LogP contribution in [-0.4, -0.2) is 98.7 Å². The van der Waals surface area contributed by atoms with E-state index in [1.165, 1.54) is 141 Å². The van der Waals surface area contributed by atoms with Crippen LogP contribution in [0.25, 0.3) is 0 Å². The molecule has 1 saturated heterocycles. The average Bonchev–Trinajstić information content (AvgIpc) is 3.20. The minimum Gasteiger partial charge on any atom is -0.394 e. The molecule has 1 amide bonds. The Bertz CT molecular complexity index is 935. The van der Waals surface area contributed by atoms with Crippen LogP contribution >= 0.6 is 0 Å². The van der Waals surface area contributed by atoms with E-state index in [9.17, 15) is 35.4 Å². The smallest absolute Gasteiger partial charge is 0.249 e. The minimum absolute atomic E-state index is 0.303. The Morgan fingerprint density at radius 2 is 1.07 bits per heavy atom. The zero-order chi connectivity index (χ0) is 41.9. The number of aliphatic hydroxyl groups excluding tert-OH is 6. The van der Waals surface area contributed by atoms with Gasteiger partial charge in [-0.1, -0.05) is 206 Å². The van der Waals surface area contributed by atoms with Crippen molar-refractivity contribution in [2.24, 2.45) is 5.92 Å². The highest BCUT2D eigenvalue weighted by molar-refractivity contribution is 5.80. The lowest BCUT2D eigenvalue weighted by molar-refractivity contribution is -0.302. The number of amides is 1. The van der Waals surface area contributed by atoms with Gasteiger partial charge in [-0.2, -0.15) is 0 Å². The van der Waals surface area contributed by atoms with Crippen molar-refractivity contribution in [1.82, 2.24) is 5.32 Å². The van der Waals surface area contributed by atoms with Crippen molar-refractivity contribution in [1.29, 1.82) is 0 Å². The van der Waals surface area contributed by atoms with Gasteiger partial charge in [0.05, 0.1) is 25.4 Å². The zero-order valence-corrected chi connectivity index (χ0v) is 36.9. The Hall–Kier alpha value is -1.11. The van der Waals surface area contributed by atoms with E-state index in [1.54, 1.807) is 6.08 Å². The predicted molar refractivity (Wildman–Crippen MR) is 232 cm³/mol. The van der Waals surface area contributed by atoms with Crippen molar-refractivity contribution in [3.8, 4) is 0 Å². The number of rotatable bonds is 39. The second kappa shape index (κ2) is 36.7. The summed E-state index contributed by atoms with van der Waals surface area (Å²) in [7, 11) is 0. The van der Waals surface area contributed by atoms with Crippen LogP contribution in [0.5, 0.6) is 0 Å². The number of nitrogens with one attached hydrogen (secondary N) is 1. The molecule has 1 rings (SSSR count). The summed E-state index contributed by atoms with van der Waals surface area (Å²) in [6, 6.07) is -0.975. The molecule has 7 N–H and O–H groups in total. The molecule has 1 fully saturated rings. The molecule has 10 heteroatoms. The molecule has 0 aromatic heterocycles. The topological polar surface area (TPSA) is 169 Å². The molecule has 1 heterocycles. The maximum absolute atomic E-state index is 13.0. The Balaban J connectivity index is 2.36. The first-order chi connectivity index (χ1) is 27.6. The first kappa shape index (κ1) is 53.9. The molecule has 338 valence electrons. The van der Waals surface area contributed by atoms with E-state index in [2.05, 4.69) is 26.1 Å².